The van der Waals surface area contributed by atoms with Crippen LogP contribution in [0.2, 0.25) is 0 Å². The van der Waals surface area contributed by atoms with Crippen molar-refractivity contribution in [1.29, 1.82) is 0 Å². The number of nitrogens with two attached hydrogens (primary N) is 1. The molecule has 0 unspecified atom stereocenters. The second-order valence-electron chi connectivity index (χ2n) is 10.8. The fraction of sp³-hybridized carbons (Fsp3) is 0.419. The SMILES string of the molecule is CC1CCC(c2cccc(N3C=CC(CC(=O)C(N)=O)=CC3)c2)(N2CCN(c3ccccc3)CC2)CC1. The number of amides is 1. The van der Waals surface area contributed by atoms with Gasteiger partial charge >= 0.3 is 0 Å². The Morgan fingerprint density at radius 2 is 1.65 bits per heavy atom. The first-order valence-corrected chi connectivity index (χ1v) is 13.6. The van der Waals surface area contributed by atoms with Crippen molar-refractivity contribution in [3.8, 4) is 0 Å². The Balaban J connectivity index is 1.34. The van der Waals surface area contributed by atoms with Crippen molar-refractivity contribution in [3.63, 3.8) is 0 Å². The summed E-state index contributed by atoms with van der Waals surface area (Å²) in [7, 11) is 0. The number of carbonyl (C=O) groups is 2. The summed E-state index contributed by atoms with van der Waals surface area (Å²) in [5.41, 5.74) is 9.92. The van der Waals surface area contributed by atoms with Crippen LogP contribution in [0.4, 0.5) is 11.4 Å². The molecule has 6 heteroatoms. The van der Waals surface area contributed by atoms with E-state index < -0.39 is 11.7 Å². The number of primary amides is 1. The molecule has 2 N–H and O–H groups in total. The molecule has 0 aromatic heterocycles. The zero-order chi connectivity index (χ0) is 25.8. The maximum absolute atomic E-state index is 11.7. The average molecular weight is 499 g/mol. The van der Waals surface area contributed by atoms with E-state index in [0.717, 1.165) is 43.4 Å². The molecule has 2 heterocycles. The summed E-state index contributed by atoms with van der Waals surface area (Å²) >= 11 is 0. The van der Waals surface area contributed by atoms with Gasteiger partial charge in [0.1, 0.15) is 0 Å². The number of piperazine rings is 1. The van der Waals surface area contributed by atoms with Crippen LogP contribution in [0.3, 0.4) is 0 Å². The van der Waals surface area contributed by atoms with Gasteiger partial charge in [-0.3, -0.25) is 14.5 Å². The zero-order valence-corrected chi connectivity index (χ0v) is 21.8. The number of anilines is 2. The topological polar surface area (TPSA) is 69.9 Å². The molecular formula is C31H38N4O2. The summed E-state index contributed by atoms with van der Waals surface area (Å²) < 4.78 is 0. The van der Waals surface area contributed by atoms with Gasteiger partial charge in [0.05, 0.1) is 0 Å². The maximum Gasteiger partial charge on any atom is 0.285 e. The van der Waals surface area contributed by atoms with Crippen molar-refractivity contribution in [2.75, 3.05) is 42.5 Å². The third-order valence-corrected chi connectivity index (χ3v) is 8.48. The van der Waals surface area contributed by atoms with E-state index in [1.165, 1.54) is 36.9 Å². The maximum atomic E-state index is 11.7. The third kappa shape index (κ3) is 5.49. The highest BCUT2D eigenvalue weighted by molar-refractivity contribution is 6.36. The quantitative estimate of drug-likeness (QED) is 0.564. The van der Waals surface area contributed by atoms with Crippen molar-refractivity contribution in [1.82, 2.24) is 4.90 Å². The van der Waals surface area contributed by atoms with Crippen LogP contribution in [-0.4, -0.2) is 49.3 Å². The van der Waals surface area contributed by atoms with Gasteiger partial charge in [-0.2, -0.15) is 0 Å². The second-order valence-corrected chi connectivity index (χ2v) is 10.8. The van der Waals surface area contributed by atoms with Crippen LogP contribution < -0.4 is 15.5 Å². The second kappa shape index (κ2) is 10.9. The molecule has 3 aliphatic rings. The number of hydrogen-bond acceptors (Lipinski definition) is 5. The minimum Gasteiger partial charge on any atom is -0.369 e. The normalized spacial score (nSPS) is 24.6. The summed E-state index contributed by atoms with van der Waals surface area (Å²) in [6.45, 7) is 7.29. The van der Waals surface area contributed by atoms with E-state index in [1.54, 1.807) is 0 Å². The van der Waals surface area contributed by atoms with E-state index >= 15 is 0 Å². The highest BCUT2D eigenvalue weighted by Crippen LogP contribution is 2.45. The summed E-state index contributed by atoms with van der Waals surface area (Å²) in [4.78, 5) is 30.3. The van der Waals surface area contributed by atoms with Crippen molar-refractivity contribution in [2.45, 2.75) is 44.6 Å². The minimum atomic E-state index is -0.874. The fourth-order valence-electron chi connectivity index (χ4n) is 6.16. The first-order chi connectivity index (χ1) is 17.9. The fourth-order valence-corrected chi connectivity index (χ4v) is 6.16. The van der Waals surface area contributed by atoms with Gasteiger partial charge in [0.2, 0.25) is 5.78 Å². The third-order valence-electron chi connectivity index (χ3n) is 8.48. The van der Waals surface area contributed by atoms with E-state index in [4.69, 9.17) is 5.73 Å². The predicted molar refractivity (Wildman–Crippen MR) is 149 cm³/mol. The molecule has 5 rings (SSSR count). The Labute approximate surface area is 220 Å². The Kier molecular flexibility index (Phi) is 7.47. The van der Waals surface area contributed by atoms with Crippen molar-refractivity contribution < 1.29 is 9.59 Å². The number of ketones is 1. The van der Waals surface area contributed by atoms with Gasteiger partial charge in [-0.25, -0.2) is 0 Å². The molecule has 0 spiro atoms. The van der Waals surface area contributed by atoms with Gasteiger partial charge in [0.15, 0.2) is 0 Å². The van der Waals surface area contributed by atoms with Gasteiger partial charge in [-0.05, 0) is 73.1 Å². The summed E-state index contributed by atoms with van der Waals surface area (Å²) in [6.07, 6.45) is 10.9. The smallest absolute Gasteiger partial charge is 0.285 e. The number of para-hydroxylation sites is 1. The zero-order valence-electron chi connectivity index (χ0n) is 21.8. The van der Waals surface area contributed by atoms with Gasteiger partial charge < -0.3 is 15.5 Å². The molecule has 0 atom stereocenters. The molecule has 1 aliphatic carbocycles. The largest absolute Gasteiger partial charge is 0.369 e. The lowest BCUT2D eigenvalue weighted by molar-refractivity contribution is -0.135. The Morgan fingerprint density at radius 1 is 0.946 bits per heavy atom. The molecule has 1 saturated carbocycles. The van der Waals surface area contributed by atoms with Crippen LogP contribution in [0.5, 0.6) is 0 Å². The number of carbonyl (C=O) groups excluding carboxylic acids is 2. The van der Waals surface area contributed by atoms with Crippen molar-refractivity contribution >= 4 is 23.1 Å². The number of nitrogens with zero attached hydrogens (tertiary/aromatic N) is 3. The summed E-state index contributed by atoms with van der Waals surface area (Å²) in [6, 6.07) is 19.8. The Morgan fingerprint density at radius 3 is 2.30 bits per heavy atom. The molecule has 2 aliphatic heterocycles. The molecule has 2 aromatic carbocycles. The van der Waals surface area contributed by atoms with E-state index in [-0.39, 0.29) is 12.0 Å². The van der Waals surface area contributed by atoms with Crippen LogP contribution in [0, 0.1) is 5.92 Å². The lowest BCUT2D eigenvalue weighted by atomic mass is 9.71. The van der Waals surface area contributed by atoms with Crippen LogP contribution in [0.25, 0.3) is 0 Å². The Hall–Kier alpha value is -3.38. The number of benzene rings is 2. The number of allylic oxidation sites excluding steroid dienone is 2. The highest BCUT2D eigenvalue weighted by atomic mass is 16.2. The number of rotatable bonds is 7. The minimum absolute atomic E-state index is 0.0654. The van der Waals surface area contributed by atoms with Crippen molar-refractivity contribution in [2.24, 2.45) is 11.7 Å². The molecule has 2 fully saturated rings. The van der Waals surface area contributed by atoms with E-state index in [1.807, 2.05) is 18.4 Å². The van der Waals surface area contributed by atoms with Gasteiger partial charge in [0, 0.05) is 62.3 Å². The van der Waals surface area contributed by atoms with Crippen LogP contribution in [-0.2, 0) is 15.1 Å². The summed E-state index contributed by atoms with van der Waals surface area (Å²) in [5, 5.41) is 0. The molecule has 1 saturated heterocycles. The van der Waals surface area contributed by atoms with E-state index in [2.05, 4.69) is 76.2 Å². The summed E-state index contributed by atoms with van der Waals surface area (Å²) in [5.74, 6) is -0.646. The monoisotopic (exact) mass is 498 g/mol. The molecule has 0 radical (unpaired) electrons. The first kappa shape index (κ1) is 25.3. The predicted octanol–water partition coefficient (Wildman–Crippen LogP) is 4.62. The average Bonchev–Trinajstić information content (AvgIpc) is 2.95. The van der Waals surface area contributed by atoms with Gasteiger partial charge in [-0.15, -0.1) is 0 Å². The Bertz CT molecular complexity index is 1170. The highest BCUT2D eigenvalue weighted by Gasteiger charge is 2.42. The van der Waals surface area contributed by atoms with Crippen LogP contribution >= 0.6 is 0 Å². The van der Waals surface area contributed by atoms with E-state index in [9.17, 15) is 9.59 Å². The molecule has 0 bridgehead atoms. The van der Waals surface area contributed by atoms with E-state index in [0.29, 0.717) is 6.54 Å². The van der Waals surface area contributed by atoms with Crippen molar-refractivity contribution in [3.05, 3.63) is 84.1 Å². The van der Waals surface area contributed by atoms with Gasteiger partial charge in [-0.1, -0.05) is 43.3 Å². The molecule has 2 aromatic rings. The molecule has 37 heavy (non-hydrogen) atoms. The number of Topliss-reactive ketones (excluding diaryl/α,β-unsaturated/α-hetero) is 1. The number of hydrogen-bond donors (Lipinski definition) is 1. The van der Waals surface area contributed by atoms with Gasteiger partial charge in [0.25, 0.3) is 5.91 Å². The van der Waals surface area contributed by atoms with Crippen LogP contribution in [0.15, 0.2) is 78.5 Å². The lowest BCUT2D eigenvalue weighted by Gasteiger charge is -2.51. The van der Waals surface area contributed by atoms with Crippen LogP contribution in [0.1, 0.15) is 44.6 Å². The molecule has 6 nitrogen and oxygen atoms in total. The molecule has 1 amide bonds. The lowest BCUT2D eigenvalue weighted by Crippen LogP contribution is -2.56. The molecule has 194 valence electrons. The molecular weight excluding hydrogens is 460 g/mol. The first-order valence-electron chi connectivity index (χ1n) is 13.6. The standard InChI is InChI=1S/C31H38N4O2/c1-24-10-14-31(15-11-24,35-20-18-34(19-21-35)27-7-3-2-4-8-27)26-6-5-9-28(23-26)33-16-12-25(13-17-33)22-29(36)30(32)37/h2-9,12-13,16,23-24H,10-11,14-15,17-22H2,1H3,(H2,32,37).